The lowest BCUT2D eigenvalue weighted by molar-refractivity contribution is 0.0576. The van der Waals surface area contributed by atoms with Gasteiger partial charge in [-0.05, 0) is 44.0 Å². The zero-order valence-electron chi connectivity index (χ0n) is 11.9. The van der Waals surface area contributed by atoms with E-state index in [1.807, 2.05) is 6.07 Å². The van der Waals surface area contributed by atoms with E-state index in [0.29, 0.717) is 17.8 Å². The van der Waals surface area contributed by atoms with Crippen LogP contribution in [0.1, 0.15) is 24.7 Å². The van der Waals surface area contributed by atoms with Crippen molar-refractivity contribution in [3.8, 4) is 0 Å². The molecular formula is C16H19ClFN3. The highest BCUT2D eigenvalue weighted by atomic mass is 35.5. The van der Waals surface area contributed by atoms with Crippen LogP contribution in [-0.4, -0.2) is 40.0 Å². The van der Waals surface area contributed by atoms with Gasteiger partial charge in [0, 0.05) is 24.9 Å². The first-order chi connectivity index (χ1) is 10.3. The first-order valence-corrected chi connectivity index (χ1v) is 8.24. The fourth-order valence-corrected chi connectivity index (χ4v) is 4.15. The predicted molar refractivity (Wildman–Crippen MR) is 82.3 cm³/mol. The lowest BCUT2D eigenvalue weighted by atomic mass is 9.83. The van der Waals surface area contributed by atoms with E-state index < -0.39 is 0 Å². The Morgan fingerprint density at radius 2 is 2.10 bits per heavy atom. The average Bonchev–Trinajstić information content (AvgIpc) is 2.85. The maximum absolute atomic E-state index is 13.5. The summed E-state index contributed by atoms with van der Waals surface area (Å²) in [6.45, 7) is 3.52. The van der Waals surface area contributed by atoms with Crippen LogP contribution in [0.15, 0.2) is 18.2 Å². The molecule has 0 spiro atoms. The van der Waals surface area contributed by atoms with Gasteiger partial charge in [-0.15, -0.1) is 11.6 Å². The van der Waals surface area contributed by atoms with Crippen molar-refractivity contribution in [2.45, 2.75) is 25.3 Å². The van der Waals surface area contributed by atoms with Crippen LogP contribution in [0.5, 0.6) is 0 Å². The van der Waals surface area contributed by atoms with Gasteiger partial charge in [0.05, 0.1) is 17.1 Å². The number of benzene rings is 1. The van der Waals surface area contributed by atoms with E-state index in [0.717, 1.165) is 29.8 Å². The SMILES string of the molecule is Fc1ccc2c(c1)nc(CCCl)n2C1CN2CCC1CC2. The molecule has 0 aliphatic carbocycles. The normalized spacial score (nSPS) is 28.4. The summed E-state index contributed by atoms with van der Waals surface area (Å²) in [7, 11) is 0. The Balaban J connectivity index is 1.83. The molecule has 3 aliphatic rings. The minimum Gasteiger partial charge on any atom is -0.323 e. The Morgan fingerprint density at radius 3 is 2.76 bits per heavy atom. The number of nitrogens with zero attached hydrogens (tertiary/aromatic N) is 3. The Kier molecular flexibility index (Phi) is 3.38. The fraction of sp³-hybridized carbons (Fsp3) is 0.562. The number of imidazole rings is 1. The minimum atomic E-state index is -0.224. The van der Waals surface area contributed by atoms with Crippen molar-refractivity contribution in [3.05, 3.63) is 29.8 Å². The highest BCUT2D eigenvalue weighted by molar-refractivity contribution is 6.17. The van der Waals surface area contributed by atoms with Gasteiger partial charge in [0.25, 0.3) is 0 Å². The molecule has 1 aromatic heterocycles. The number of rotatable bonds is 3. The van der Waals surface area contributed by atoms with Crippen molar-refractivity contribution in [2.24, 2.45) is 5.92 Å². The molecule has 1 atom stereocenters. The maximum atomic E-state index is 13.5. The average molecular weight is 308 g/mol. The van der Waals surface area contributed by atoms with Crippen LogP contribution in [0.2, 0.25) is 0 Å². The van der Waals surface area contributed by atoms with E-state index in [9.17, 15) is 4.39 Å². The highest BCUT2D eigenvalue weighted by Gasteiger charge is 2.36. The second kappa shape index (κ2) is 5.25. The number of hydrogen-bond acceptors (Lipinski definition) is 2. The van der Waals surface area contributed by atoms with E-state index in [1.54, 1.807) is 0 Å². The molecular weight excluding hydrogens is 289 g/mol. The molecule has 5 heteroatoms. The molecule has 0 amide bonds. The van der Waals surface area contributed by atoms with Crippen LogP contribution in [0.25, 0.3) is 11.0 Å². The Hall–Kier alpha value is -1.13. The first-order valence-electron chi connectivity index (χ1n) is 7.71. The summed E-state index contributed by atoms with van der Waals surface area (Å²) in [5.41, 5.74) is 1.81. The quantitative estimate of drug-likeness (QED) is 0.812. The molecule has 1 aromatic carbocycles. The van der Waals surface area contributed by atoms with Crippen molar-refractivity contribution < 1.29 is 4.39 Å². The Labute approximate surface area is 128 Å². The van der Waals surface area contributed by atoms with E-state index >= 15 is 0 Å². The van der Waals surface area contributed by atoms with Crippen LogP contribution in [0.3, 0.4) is 0 Å². The monoisotopic (exact) mass is 307 g/mol. The number of fused-ring (bicyclic) bond motifs is 4. The predicted octanol–water partition coefficient (Wildman–Crippen LogP) is 3.22. The molecule has 112 valence electrons. The van der Waals surface area contributed by atoms with Gasteiger partial charge in [0.2, 0.25) is 0 Å². The highest BCUT2D eigenvalue weighted by Crippen LogP contribution is 2.38. The second-order valence-electron chi connectivity index (χ2n) is 6.18. The maximum Gasteiger partial charge on any atom is 0.125 e. The summed E-state index contributed by atoms with van der Waals surface area (Å²) < 4.78 is 15.8. The molecule has 5 rings (SSSR count). The summed E-state index contributed by atoms with van der Waals surface area (Å²) in [5.74, 6) is 2.04. The number of halogens is 2. The molecule has 3 aliphatic heterocycles. The summed E-state index contributed by atoms with van der Waals surface area (Å²) in [6.07, 6.45) is 3.25. The molecule has 3 nitrogen and oxygen atoms in total. The summed E-state index contributed by atoms with van der Waals surface area (Å²) in [4.78, 5) is 7.17. The molecule has 2 aromatic rings. The summed E-state index contributed by atoms with van der Waals surface area (Å²) in [6, 6.07) is 5.39. The Bertz CT molecular complexity index is 661. The largest absolute Gasteiger partial charge is 0.323 e. The first kappa shape index (κ1) is 13.5. The minimum absolute atomic E-state index is 0.224. The van der Waals surface area contributed by atoms with Crippen molar-refractivity contribution in [2.75, 3.05) is 25.5 Å². The third kappa shape index (κ3) is 2.25. The number of aromatic nitrogens is 2. The van der Waals surface area contributed by atoms with Gasteiger partial charge in [0.15, 0.2) is 0 Å². The molecule has 0 saturated carbocycles. The van der Waals surface area contributed by atoms with Crippen LogP contribution in [-0.2, 0) is 6.42 Å². The molecule has 4 heterocycles. The second-order valence-corrected chi connectivity index (χ2v) is 6.55. The van der Waals surface area contributed by atoms with Crippen LogP contribution in [0.4, 0.5) is 4.39 Å². The molecule has 1 unspecified atom stereocenters. The van der Waals surface area contributed by atoms with Crippen LogP contribution in [0, 0.1) is 11.7 Å². The topological polar surface area (TPSA) is 21.1 Å². The van der Waals surface area contributed by atoms with Gasteiger partial charge in [-0.2, -0.15) is 0 Å². The molecule has 2 bridgehead atoms. The third-order valence-corrected chi connectivity index (χ3v) is 5.18. The van der Waals surface area contributed by atoms with Gasteiger partial charge in [-0.3, -0.25) is 0 Å². The smallest absolute Gasteiger partial charge is 0.125 e. The molecule has 3 fully saturated rings. The number of aryl methyl sites for hydroxylation is 1. The van der Waals surface area contributed by atoms with E-state index in [-0.39, 0.29) is 5.82 Å². The number of alkyl halides is 1. The van der Waals surface area contributed by atoms with E-state index in [2.05, 4.69) is 14.5 Å². The standard InChI is InChI=1S/C16H19ClFN3/c17-6-3-16-19-13-9-12(18)1-2-14(13)21(16)15-10-20-7-4-11(15)5-8-20/h1-2,9,11,15H,3-8,10H2. The van der Waals surface area contributed by atoms with Crippen molar-refractivity contribution >= 4 is 22.6 Å². The Morgan fingerprint density at radius 1 is 1.29 bits per heavy atom. The van der Waals surface area contributed by atoms with E-state index in [4.69, 9.17) is 11.6 Å². The molecule has 0 radical (unpaired) electrons. The van der Waals surface area contributed by atoms with Crippen LogP contribution < -0.4 is 0 Å². The van der Waals surface area contributed by atoms with Gasteiger partial charge >= 0.3 is 0 Å². The molecule has 21 heavy (non-hydrogen) atoms. The summed E-state index contributed by atoms with van der Waals surface area (Å²) >= 11 is 5.95. The van der Waals surface area contributed by atoms with Gasteiger partial charge in [-0.25, -0.2) is 9.37 Å². The molecule has 3 saturated heterocycles. The van der Waals surface area contributed by atoms with E-state index in [1.165, 1.54) is 38.1 Å². The number of hydrogen-bond donors (Lipinski definition) is 0. The lowest BCUT2D eigenvalue weighted by Crippen LogP contribution is -2.48. The fourth-order valence-electron chi connectivity index (χ4n) is 3.98. The molecule has 0 N–H and O–H groups in total. The van der Waals surface area contributed by atoms with Gasteiger partial charge in [0.1, 0.15) is 11.6 Å². The van der Waals surface area contributed by atoms with Crippen molar-refractivity contribution in [1.29, 1.82) is 0 Å². The zero-order valence-corrected chi connectivity index (χ0v) is 12.7. The van der Waals surface area contributed by atoms with Crippen molar-refractivity contribution in [3.63, 3.8) is 0 Å². The van der Waals surface area contributed by atoms with Crippen molar-refractivity contribution in [1.82, 2.24) is 14.5 Å². The van der Waals surface area contributed by atoms with Gasteiger partial charge in [-0.1, -0.05) is 0 Å². The zero-order chi connectivity index (χ0) is 14.4. The number of piperidine rings is 3. The van der Waals surface area contributed by atoms with Gasteiger partial charge < -0.3 is 9.47 Å². The lowest BCUT2D eigenvalue weighted by Gasteiger charge is -2.45. The third-order valence-electron chi connectivity index (χ3n) is 5.00. The summed E-state index contributed by atoms with van der Waals surface area (Å²) in [5, 5.41) is 0. The van der Waals surface area contributed by atoms with Crippen LogP contribution >= 0.6 is 11.6 Å².